The molecule has 2 fully saturated rings. The van der Waals surface area contributed by atoms with Crippen molar-refractivity contribution < 1.29 is 72.6 Å². The first kappa shape index (κ1) is 60.9. The third kappa shape index (κ3) is 16.3. The first-order valence-corrected chi connectivity index (χ1v) is 25.4. The highest BCUT2D eigenvalue weighted by Crippen LogP contribution is 2.59. The van der Waals surface area contributed by atoms with Crippen molar-refractivity contribution >= 4 is 19.8 Å². The van der Waals surface area contributed by atoms with Gasteiger partial charge in [0.05, 0.1) is 49.2 Å². The summed E-state index contributed by atoms with van der Waals surface area (Å²) in [6, 6.07) is 1.40. The van der Waals surface area contributed by atoms with E-state index in [0.29, 0.717) is 18.0 Å². The lowest BCUT2D eigenvalue weighted by Gasteiger charge is -2.50. The van der Waals surface area contributed by atoms with Crippen molar-refractivity contribution in [1.29, 1.82) is 5.26 Å². The molecule has 20 heteroatoms. The molecule has 1 amide bonds. The van der Waals surface area contributed by atoms with Crippen LogP contribution in [0.3, 0.4) is 0 Å². The number of aromatic nitrogens is 1. The number of phosphoric acid groups is 1. The van der Waals surface area contributed by atoms with E-state index < -0.39 is 97.7 Å². The number of aliphatic hydroxyl groups is 5. The molecule has 0 radical (unpaired) electrons. The van der Waals surface area contributed by atoms with Crippen molar-refractivity contribution in [3.8, 4) is 6.07 Å². The topological polar surface area (TPSA) is 287 Å². The Hall–Kier alpha value is -3.42. The molecule has 70 heavy (non-hydrogen) atoms. The van der Waals surface area contributed by atoms with Crippen LogP contribution in [0.15, 0.2) is 63.9 Å². The molecule has 0 bridgehead atoms. The van der Waals surface area contributed by atoms with Crippen LogP contribution in [0.1, 0.15) is 105 Å². The van der Waals surface area contributed by atoms with E-state index in [1.54, 1.807) is 45.8 Å². The van der Waals surface area contributed by atoms with Gasteiger partial charge in [-0.05, 0) is 64.9 Å². The van der Waals surface area contributed by atoms with E-state index in [0.717, 1.165) is 16.7 Å². The zero-order valence-corrected chi connectivity index (χ0v) is 44.0. The quantitative estimate of drug-likeness (QED) is 0.0355. The smallest absolute Gasteiger partial charge is 0.448 e. The van der Waals surface area contributed by atoms with Gasteiger partial charge in [0.15, 0.2) is 17.8 Å². The lowest BCUT2D eigenvalue weighted by Crippen LogP contribution is -2.58. The van der Waals surface area contributed by atoms with Gasteiger partial charge in [-0.2, -0.15) is 5.26 Å². The van der Waals surface area contributed by atoms with E-state index in [2.05, 4.69) is 10.3 Å². The zero-order chi connectivity index (χ0) is 52.9. The second-order valence-electron chi connectivity index (χ2n) is 19.9. The highest BCUT2D eigenvalue weighted by Gasteiger charge is 2.68. The lowest BCUT2D eigenvalue weighted by molar-refractivity contribution is -0.334. The molecule has 1 spiro atoms. The summed E-state index contributed by atoms with van der Waals surface area (Å²) < 4.78 is 48.2. The van der Waals surface area contributed by atoms with Crippen molar-refractivity contribution in [3.05, 3.63) is 71.0 Å². The number of amides is 1. The molecule has 396 valence electrons. The zero-order valence-electron chi connectivity index (χ0n) is 43.1. The predicted molar refractivity (Wildman–Crippen MR) is 262 cm³/mol. The van der Waals surface area contributed by atoms with Crippen LogP contribution in [0.5, 0.6) is 0 Å². The van der Waals surface area contributed by atoms with Gasteiger partial charge < -0.3 is 68.9 Å². The van der Waals surface area contributed by atoms with Gasteiger partial charge in [-0.25, -0.2) is 9.55 Å². The van der Waals surface area contributed by atoms with Crippen molar-refractivity contribution in [2.24, 2.45) is 23.2 Å². The third-order valence-electron chi connectivity index (χ3n) is 14.0. The number of likely N-dealkylation sites (N-methyl/N-ethyl adjacent to an activating group) is 1. The summed E-state index contributed by atoms with van der Waals surface area (Å²) in [6.07, 6.45) is 4.10. The van der Waals surface area contributed by atoms with E-state index >= 15 is 0 Å². The molecule has 1 aromatic heterocycles. The second-order valence-corrected chi connectivity index (χ2v) is 21.1. The third-order valence-corrected chi connectivity index (χ3v) is 14.5. The van der Waals surface area contributed by atoms with Gasteiger partial charge in [0.2, 0.25) is 0 Å². The predicted octanol–water partition coefficient (Wildman–Crippen LogP) is 4.69. The molecule has 2 aliphatic rings. The molecule has 0 aliphatic carbocycles. The summed E-state index contributed by atoms with van der Waals surface area (Å²) in [4.78, 5) is 39.2. The van der Waals surface area contributed by atoms with Crippen molar-refractivity contribution in [2.45, 2.75) is 161 Å². The fourth-order valence-corrected chi connectivity index (χ4v) is 9.64. The van der Waals surface area contributed by atoms with Crippen LogP contribution in [0.2, 0.25) is 0 Å². The number of hydrogen-bond acceptors (Lipinski definition) is 16. The minimum atomic E-state index is -5.15. The van der Waals surface area contributed by atoms with Gasteiger partial charge in [0, 0.05) is 68.8 Å². The Labute approximate surface area is 414 Å². The number of ether oxygens (including phenoxy) is 4. The lowest BCUT2D eigenvalue weighted by atomic mass is 9.72. The molecule has 3 rings (SSSR count). The number of nitrogens with one attached hydrogen (secondary N) is 1. The average Bonchev–Trinajstić information content (AvgIpc) is 3.84. The monoisotopic (exact) mass is 1010 g/mol. The number of phosphoric ester groups is 1. The summed E-state index contributed by atoms with van der Waals surface area (Å²) in [7, 11) is 1.12. The van der Waals surface area contributed by atoms with Crippen molar-refractivity contribution in [1.82, 2.24) is 15.2 Å². The molecule has 3 heterocycles. The fourth-order valence-electron chi connectivity index (χ4n) is 8.96. The van der Waals surface area contributed by atoms with E-state index in [4.69, 9.17) is 33.2 Å². The number of carbonyl (C=O) groups is 1. The van der Waals surface area contributed by atoms with E-state index in [1.807, 2.05) is 78.0 Å². The van der Waals surface area contributed by atoms with Crippen molar-refractivity contribution in [2.75, 3.05) is 41.5 Å². The van der Waals surface area contributed by atoms with Gasteiger partial charge >= 0.3 is 7.82 Å². The molecule has 2 aliphatic heterocycles. The molecular formula is C50H81N4O15P. The van der Waals surface area contributed by atoms with Crippen LogP contribution >= 0.6 is 7.82 Å². The first-order chi connectivity index (χ1) is 32.6. The summed E-state index contributed by atoms with van der Waals surface area (Å²) in [5.74, 6) is -3.63. The average molecular weight is 1010 g/mol. The van der Waals surface area contributed by atoms with Gasteiger partial charge in [-0.1, -0.05) is 77.5 Å². The number of allylic oxidation sites excluding steroid dienone is 7. The van der Waals surface area contributed by atoms with Crippen LogP contribution in [0.25, 0.3) is 6.08 Å². The number of methoxy groups -OCH3 is 2. The minimum absolute atomic E-state index is 0.0645. The molecule has 15 atom stereocenters. The Morgan fingerprint density at radius 2 is 1.76 bits per heavy atom. The molecule has 0 unspecified atom stereocenters. The van der Waals surface area contributed by atoms with Gasteiger partial charge in [0.25, 0.3) is 5.91 Å². The minimum Gasteiger partial charge on any atom is -0.448 e. The number of carbonyl (C=O) groups excluding carboxylic acids is 1. The van der Waals surface area contributed by atoms with Crippen LogP contribution in [0.4, 0.5) is 0 Å². The number of rotatable bonds is 26. The Morgan fingerprint density at radius 1 is 1.09 bits per heavy atom. The summed E-state index contributed by atoms with van der Waals surface area (Å²) >= 11 is 0. The summed E-state index contributed by atoms with van der Waals surface area (Å²) in [6.45, 7) is 16.6. The molecule has 0 saturated carbocycles. The molecular weight excluding hydrogens is 928 g/mol. The Kier molecular flexibility index (Phi) is 23.5. The number of oxazole rings is 1. The van der Waals surface area contributed by atoms with E-state index in [9.17, 15) is 44.7 Å². The summed E-state index contributed by atoms with van der Waals surface area (Å²) in [5, 5.41) is 67.1. The maximum atomic E-state index is 12.6. The maximum Gasteiger partial charge on any atom is 0.469 e. The van der Waals surface area contributed by atoms with E-state index in [1.165, 1.54) is 26.6 Å². The molecule has 8 N–H and O–H groups in total. The molecule has 19 nitrogen and oxygen atoms in total. The Bertz CT molecular complexity index is 2080. The molecule has 2 saturated heterocycles. The Balaban J connectivity index is 1.74. The molecule has 0 aromatic carbocycles. The first-order valence-electron chi connectivity index (χ1n) is 23.8. The highest BCUT2D eigenvalue weighted by molar-refractivity contribution is 7.46. The number of nitrogens with zero attached hydrogens (tertiary/aromatic N) is 3. The summed E-state index contributed by atoms with van der Waals surface area (Å²) in [5.41, 5.74) is 1.87. The number of nitriles is 1. The van der Waals surface area contributed by atoms with Crippen LogP contribution < -0.4 is 5.32 Å². The highest BCUT2D eigenvalue weighted by atomic mass is 31.2. The van der Waals surface area contributed by atoms with Gasteiger partial charge in [-0.3, -0.25) is 9.32 Å². The standard InChI is InChI=1S/C50H81N4O15P/c1-29(20-22-51)16-14-17-30(2)32(4)24-33(5)42(57)35(7)38(55)25-41(65-13)45-46(69-70(61,62)63)49(8,9)50(68-45)26-39(56)34(6)40(67-50)19-15-18-36-27-66-48(53-36)31(3)21-23-52-47(60)44(59)43(58)37(28-64-12)54(10)11/h14-18,20,24,27,31,33-35,37-46,55-59H,19,21,23,25-26,28H2,1-13H3,(H,52,60)(H2,61,62,63)/b16-14+,18-15+,29-20+,30-17+,32-24+/t31-,33+,34+,35-,37-,38-,39-,40+,41-,42+,43-,44-,45+,46-,50-/m0/s1. The Morgan fingerprint density at radius 3 is 2.36 bits per heavy atom. The van der Waals surface area contributed by atoms with Gasteiger partial charge in [-0.15, -0.1) is 0 Å². The second kappa shape index (κ2) is 27.0. The fraction of sp³-hybridized carbons (Fsp3) is 0.700. The van der Waals surface area contributed by atoms with Gasteiger partial charge in [0.1, 0.15) is 30.3 Å². The van der Waals surface area contributed by atoms with Crippen LogP contribution in [-0.2, 0) is 32.8 Å². The largest absolute Gasteiger partial charge is 0.469 e. The number of aliphatic hydroxyl groups excluding tert-OH is 5. The molecule has 1 aromatic rings. The SMILES string of the molecule is COC[C@@H]([C@H](O)[C@H](O)C(=O)NCC[C@H](C)c1nc(/C=C/C[C@H]2O[C@@]3(C[C@H](O)[C@H]2C)O[C@H]([C@H](C[C@H](O)[C@H](C)[C@H](O)[C@H](C)/C=C(C)/C(C)=C/C=C/C(C)=C/C#N)OC)[C@H](OP(=O)(O)O)C3(C)C)co1)N(C)C. The van der Waals surface area contributed by atoms with Crippen LogP contribution in [0, 0.1) is 34.5 Å². The number of hydrogen-bond donors (Lipinski definition) is 8. The maximum absolute atomic E-state index is 12.6. The normalized spacial score (nSPS) is 27.6. The van der Waals surface area contributed by atoms with Crippen LogP contribution in [-0.4, -0.2) is 159 Å². The van der Waals surface area contributed by atoms with E-state index in [-0.39, 0.29) is 44.2 Å². The van der Waals surface area contributed by atoms with Crippen molar-refractivity contribution in [3.63, 3.8) is 0 Å².